The third-order valence-corrected chi connectivity index (χ3v) is 2.94. The minimum Gasteiger partial charge on any atom is -0.373 e. The highest BCUT2D eigenvalue weighted by Gasteiger charge is 2.45. The average molecular weight is 235 g/mol. The molecule has 1 fully saturated rings. The van der Waals surface area contributed by atoms with Crippen LogP contribution >= 0.6 is 0 Å². The third kappa shape index (κ3) is 3.05. The van der Waals surface area contributed by atoms with E-state index in [1.165, 1.54) is 12.2 Å². The van der Waals surface area contributed by atoms with Gasteiger partial charge in [-0.15, -0.1) is 0 Å². The Morgan fingerprint density at radius 3 is 2.76 bits per heavy atom. The van der Waals surface area contributed by atoms with E-state index >= 15 is 0 Å². The average Bonchev–Trinajstić information content (AvgIpc) is 3.15. The molecule has 1 aliphatic carbocycles. The molecule has 2 atom stereocenters. The van der Waals surface area contributed by atoms with Gasteiger partial charge in [0.25, 0.3) is 5.91 Å². The number of ether oxygens (including phenoxy) is 1. The van der Waals surface area contributed by atoms with E-state index in [4.69, 9.17) is 9.57 Å². The van der Waals surface area contributed by atoms with Crippen LogP contribution in [-0.4, -0.2) is 31.2 Å². The van der Waals surface area contributed by atoms with E-state index < -0.39 is 0 Å². The number of rotatable bonds is 5. The molecule has 0 aliphatic heterocycles. The molecule has 17 heavy (non-hydrogen) atoms. The van der Waals surface area contributed by atoms with Crippen molar-refractivity contribution in [3.63, 3.8) is 0 Å². The van der Waals surface area contributed by atoms with Crippen LogP contribution in [0.4, 0.5) is 0 Å². The second-order valence-electron chi connectivity index (χ2n) is 4.20. The Balaban J connectivity index is 1.75. The van der Waals surface area contributed by atoms with Crippen molar-refractivity contribution in [1.82, 2.24) is 5.06 Å². The van der Waals surface area contributed by atoms with E-state index in [1.807, 2.05) is 30.3 Å². The highest BCUT2D eigenvalue weighted by atomic mass is 16.7. The van der Waals surface area contributed by atoms with Gasteiger partial charge in [-0.3, -0.25) is 9.63 Å². The third-order valence-electron chi connectivity index (χ3n) is 2.94. The number of nitrogens with zero attached hydrogens (tertiary/aromatic N) is 1. The summed E-state index contributed by atoms with van der Waals surface area (Å²) in [6, 6.07) is 9.96. The van der Waals surface area contributed by atoms with E-state index in [9.17, 15) is 4.79 Å². The Hall–Kier alpha value is -1.39. The summed E-state index contributed by atoms with van der Waals surface area (Å²) in [7, 11) is 3.11. The maximum absolute atomic E-state index is 11.7. The first-order chi connectivity index (χ1) is 8.22. The fourth-order valence-corrected chi connectivity index (χ4v) is 1.72. The minimum atomic E-state index is -0.0383. The lowest BCUT2D eigenvalue weighted by molar-refractivity contribution is -0.171. The van der Waals surface area contributed by atoms with E-state index in [0.29, 0.717) is 6.61 Å². The van der Waals surface area contributed by atoms with Crippen LogP contribution in [0.25, 0.3) is 0 Å². The lowest BCUT2D eigenvalue weighted by atomic mass is 10.2. The van der Waals surface area contributed by atoms with Crippen molar-refractivity contribution in [2.24, 2.45) is 5.92 Å². The number of amides is 1. The SMILES string of the molecule is CON(C)C(=O)[C@H]1C[C@@H]1OCc1ccccc1. The zero-order valence-electron chi connectivity index (χ0n) is 10.1. The maximum atomic E-state index is 11.7. The normalized spacial score (nSPS) is 22.2. The van der Waals surface area contributed by atoms with Crippen molar-refractivity contribution >= 4 is 5.91 Å². The molecular formula is C13H17NO3. The molecule has 1 aromatic rings. The molecule has 4 nitrogen and oxygen atoms in total. The number of hydrogen-bond acceptors (Lipinski definition) is 3. The Bertz CT molecular complexity index is 380. The summed E-state index contributed by atoms with van der Waals surface area (Å²) in [5, 5.41) is 1.26. The second-order valence-corrected chi connectivity index (χ2v) is 4.20. The molecule has 0 spiro atoms. The molecular weight excluding hydrogens is 218 g/mol. The zero-order valence-corrected chi connectivity index (χ0v) is 10.1. The number of hydroxylamine groups is 2. The molecule has 0 bridgehead atoms. The van der Waals surface area contributed by atoms with Crippen LogP contribution < -0.4 is 0 Å². The minimum absolute atomic E-state index is 0.00874. The van der Waals surface area contributed by atoms with Gasteiger partial charge in [0.05, 0.1) is 25.7 Å². The predicted molar refractivity (Wildman–Crippen MR) is 62.9 cm³/mol. The van der Waals surface area contributed by atoms with Gasteiger partial charge in [-0.25, -0.2) is 5.06 Å². The van der Waals surface area contributed by atoms with Crippen LogP contribution in [0.3, 0.4) is 0 Å². The molecule has 0 N–H and O–H groups in total. The largest absolute Gasteiger partial charge is 0.373 e. The molecule has 1 aromatic carbocycles. The Kier molecular flexibility index (Phi) is 3.76. The van der Waals surface area contributed by atoms with Crippen molar-refractivity contribution in [3.8, 4) is 0 Å². The lowest BCUT2D eigenvalue weighted by Gasteiger charge is -2.13. The standard InChI is InChI=1S/C13H17NO3/c1-14(16-2)13(15)11-8-12(11)17-9-10-6-4-3-5-7-10/h3-7,11-12H,8-9H2,1-2H3/t11-,12-/m0/s1. The quantitative estimate of drug-likeness (QED) is 0.728. The molecule has 92 valence electrons. The first-order valence-electron chi connectivity index (χ1n) is 5.69. The summed E-state index contributed by atoms with van der Waals surface area (Å²) < 4.78 is 5.66. The summed E-state index contributed by atoms with van der Waals surface area (Å²) in [5.41, 5.74) is 1.13. The van der Waals surface area contributed by atoms with Gasteiger partial charge >= 0.3 is 0 Å². The number of carbonyl (C=O) groups is 1. The topological polar surface area (TPSA) is 38.8 Å². The second kappa shape index (κ2) is 5.29. The van der Waals surface area contributed by atoms with E-state index in [0.717, 1.165) is 12.0 Å². The van der Waals surface area contributed by atoms with Gasteiger partial charge in [0.1, 0.15) is 0 Å². The monoisotopic (exact) mass is 235 g/mol. The number of benzene rings is 1. The van der Waals surface area contributed by atoms with Crippen molar-refractivity contribution < 1.29 is 14.4 Å². The highest BCUT2D eigenvalue weighted by molar-refractivity contribution is 5.81. The van der Waals surface area contributed by atoms with Crippen molar-refractivity contribution in [1.29, 1.82) is 0 Å². The fourth-order valence-electron chi connectivity index (χ4n) is 1.72. The van der Waals surface area contributed by atoms with Crippen molar-refractivity contribution in [2.45, 2.75) is 19.1 Å². The van der Waals surface area contributed by atoms with Crippen LogP contribution in [0, 0.1) is 5.92 Å². The molecule has 1 aliphatic rings. The molecule has 0 aromatic heterocycles. The molecule has 2 rings (SSSR count). The zero-order chi connectivity index (χ0) is 12.3. The van der Waals surface area contributed by atoms with Gasteiger partial charge in [-0.1, -0.05) is 30.3 Å². The fraction of sp³-hybridized carbons (Fsp3) is 0.462. The first-order valence-corrected chi connectivity index (χ1v) is 5.69. The smallest absolute Gasteiger partial charge is 0.251 e. The van der Waals surface area contributed by atoms with Crippen molar-refractivity contribution in [3.05, 3.63) is 35.9 Å². The Morgan fingerprint density at radius 2 is 2.12 bits per heavy atom. The Morgan fingerprint density at radius 1 is 1.41 bits per heavy atom. The number of hydrogen-bond donors (Lipinski definition) is 0. The summed E-state index contributed by atoms with van der Waals surface area (Å²) in [6.07, 6.45) is 0.833. The van der Waals surface area contributed by atoms with Crippen molar-refractivity contribution in [2.75, 3.05) is 14.2 Å². The van der Waals surface area contributed by atoms with Gasteiger partial charge in [-0.2, -0.15) is 0 Å². The van der Waals surface area contributed by atoms with Gasteiger partial charge in [0.2, 0.25) is 0 Å². The summed E-state index contributed by atoms with van der Waals surface area (Å²) >= 11 is 0. The molecule has 4 heteroatoms. The highest BCUT2D eigenvalue weighted by Crippen LogP contribution is 2.35. The van der Waals surface area contributed by atoms with Crippen LogP contribution in [0.1, 0.15) is 12.0 Å². The molecule has 1 amide bonds. The van der Waals surface area contributed by atoms with Crippen LogP contribution in [0.5, 0.6) is 0 Å². The number of carbonyl (C=O) groups excluding carboxylic acids is 1. The molecule has 0 saturated heterocycles. The molecule has 0 unspecified atom stereocenters. The van der Waals surface area contributed by atoms with Crippen LogP contribution in [0.15, 0.2) is 30.3 Å². The molecule has 0 radical (unpaired) electrons. The van der Waals surface area contributed by atoms with Gasteiger partial charge in [0.15, 0.2) is 0 Å². The molecule has 0 heterocycles. The van der Waals surface area contributed by atoms with Gasteiger partial charge in [-0.05, 0) is 12.0 Å². The first kappa shape index (κ1) is 12.1. The maximum Gasteiger partial charge on any atom is 0.251 e. The van der Waals surface area contributed by atoms with Crippen LogP contribution in [0.2, 0.25) is 0 Å². The summed E-state index contributed by atoms with van der Waals surface area (Å²) in [6.45, 7) is 0.561. The van der Waals surface area contributed by atoms with E-state index in [1.54, 1.807) is 7.05 Å². The van der Waals surface area contributed by atoms with Gasteiger partial charge in [0, 0.05) is 7.05 Å². The van der Waals surface area contributed by atoms with Gasteiger partial charge < -0.3 is 4.74 Å². The summed E-state index contributed by atoms with van der Waals surface area (Å²) in [4.78, 5) is 16.5. The molecule has 1 saturated carbocycles. The lowest BCUT2D eigenvalue weighted by Crippen LogP contribution is -2.28. The van der Waals surface area contributed by atoms with Crippen LogP contribution in [-0.2, 0) is 21.0 Å². The summed E-state index contributed by atoms with van der Waals surface area (Å²) in [5.74, 6) is -0.0470. The van der Waals surface area contributed by atoms with E-state index in [2.05, 4.69) is 0 Å². The predicted octanol–water partition coefficient (Wildman–Crippen LogP) is 1.61. The van der Waals surface area contributed by atoms with E-state index in [-0.39, 0.29) is 17.9 Å². The Labute approximate surface area is 101 Å².